The second-order valence-corrected chi connectivity index (χ2v) is 6.57. The van der Waals surface area contributed by atoms with Crippen molar-refractivity contribution in [1.82, 2.24) is 5.43 Å². The summed E-state index contributed by atoms with van der Waals surface area (Å²) in [6, 6.07) is 16.1. The van der Waals surface area contributed by atoms with E-state index in [0.717, 1.165) is 11.1 Å². The number of carbonyl (C=O) groups excluding carboxylic acids is 1. The van der Waals surface area contributed by atoms with Gasteiger partial charge in [-0.2, -0.15) is 5.10 Å². The van der Waals surface area contributed by atoms with E-state index >= 15 is 0 Å². The van der Waals surface area contributed by atoms with Crippen molar-refractivity contribution < 1.29 is 13.9 Å². The van der Waals surface area contributed by atoms with Crippen LogP contribution >= 0.6 is 23.2 Å². The first kappa shape index (κ1) is 19.0. The van der Waals surface area contributed by atoms with Gasteiger partial charge in [-0.25, -0.2) is 5.43 Å². The summed E-state index contributed by atoms with van der Waals surface area (Å²) in [5, 5.41) is 5.15. The molecule has 0 aliphatic carbocycles. The molecule has 1 aromatic heterocycles. The molecule has 0 atom stereocenters. The molecule has 1 amide bonds. The predicted octanol–water partition coefficient (Wildman–Crippen LogP) is 5.09. The molecule has 0 saturated heterocycles. The number of carbonyl (C=O) groups is 1. The number of amides is 1. The van der Waals surface area contributed by atoms with Gasteiger partial charge in [-0.1, -0.05) is 23.2 Å². The maximum atomic E-state index is 11.8. The van der Waals surface area contributed by atoms with Gasteiger partial charge in [-0.3, -0.25) is 4.79 Å². The average Bonchev–Trinajstić information content (AvgIpc) is 3.10. The molecule has 27 heavy (non-hydrogen) atoms. The molecule has 0 aliphatic rings. The summed E-state index contributed by atoms with van der Waals surface area (Å²) in [6.07, 6.45) is 1.42. The molecule has 3 rings (SSSR count). The van der Waals surface area contributed by atoms with Gasteiger partial charge in [0.05, 0.1) is 6.21 Å². The molecule has 1 N–H and O–H groups in total. The van der Waals surface area contributed by atoms with Crippen molar-refractivity contribution in [1.29, 1.82) is 0 Å². The fraction of sp³-hybridized carbons (Fsp3) is 0.100. The van der Waals surface area contributed by atoms with Crippen LogP contribution < -0.4 is 10.2 Å². The second-order valence-electron chi connectivity index (χ2n) is 5.70. The molecule has 0 fully saturated rings. The zero-order valence-corrected chi connectivity index (χ0v) is 15.9. The van der Waals surface area contributed by atoms with Crippen LogP contribution in [0.4, 0.5) is 0 Å². The molecule has 1 heterocycles. The number of rotatable bonds is 6. The number of hydrogen-bond donors (Lipinski definition) is 1. The van der Waals surface area contributed by atoms with Crippen molar-refractivity contribution >= 4 is 35.3 Å². The lowest BCUT2D eigenvalue weighted by Crippen LogP contribution is -2.24. The quantitative estimate of drug-likeness (QED) is 0.461. The lowest BCUT2D eigenvalue weighted by molar-refractivity contribution is -0.123. The third kappa shape index (κ3) is 5.36. The van der Waals surface area contributed by atoms with Crippen molar-refractivity contribution in [2.24, 2.45) is 5.10 Å². The molecule has 0 bridgehead atoms. The minimum atomic E-state index is -0.384. The third-order valence-electron chi connectivity index (χ3n) is 3.63. The number of nitrogens with zero attached hydrogens (tertiary/aromatic N) is 1. The van der Waals surface area contributed by atoms with Crippen LogP contribution in [0.1, 0.15) is 11.3 Å². The van der Waals surface area contributed by atoms with Crippen molar-refractivity contribution in [3.8, 4) is 17.1 Å². The first-order valence-electron chi connectivity index (χ1n) is 8.08. The zero-order valence-electron chi connectivity index (χ0n) is 14.4. The summed E-state index contributed by atoms with van der Waals surface area (Å²) in [5.74, 6) is 1.40. The van der Waals surface area contributed by atoms with E-state index in [1.54, 1.807) is 36.4 Å². The van der Waals surface area contributed by atoms with Crippen LogP contribution in [0.25, 0.3) is 11.3 Å². The molecule has 0 unspecified atom stereocenters. The Labute approximate surface area is 166 Å². The average molecular weight is 403 g/mol. The fourth-order valence-electron chi connectivity index (χ4n) is 2.31. The van der Waals surface area contributed by atoms with Crippen LogP contribution in [0.3, 0.4) is 0 Å². The number of halogens is 2. The molecule has 3 aromatic rings. The summed E-state index contributed by atoms with van der Waals surface area (Å²) >= 11 is 11.8. The van der Waals surface area contributed by atoms with Crippen LogP contribution in [0.5, 0.6) is 5.75 Å². The van der Waals surface area contributed by atoms with Crippen molar-refractivity contribution in [2.75, 3.05) is 6.61 Å². The predicted molar refractivity (Wildman–Crippen MR) is 107 cm³/mol. The minimum Gasteiger partial charge on any atom is -0.483 e. The highest BCUT2D eigenvalue weighted by Crippen LogP contribution is 2.23. The lowest BCUT2D eigenvalue weighted by atomic mass is 10.2. The molecule has 2 aromatic carbocycles. The molecule has 0 spiro atoms. The molecular formula is C20H16Cl2N2O3. The minimum absolute atomic E-state index is 0.159. The number of furan rings is 1. The second kappa shape index (κ2) is 8.75. The smallest absolute Gasteiger partial charge is 0.277 e. The van der Waals surface area contributed by atoms with Crippen LogP contribution in [0.15, 0.2) is 64.1 Å². The molecule has 138 valence electrons. The molecule has 7 heteroatoms. The van der Waals surface area contributed by atoms with Crippen LogP contribution in [-0.4, -0.2) is 18.7 Å². The molecule has 0 radical (unpaired) electrons. The number of benzene rings is 2. The van der Waals surface area contributed by atoms with E-state index in [0.29, 0.717) is 27.3 Å². The number of hydrogen-bond acceptors (Lipinski definition) is 4. The topological polar surface area (TPSA) is 63.8 Å². The van der Waals surface area contributed by atoms with Gasteiger partial charge in [-0.15, -0.1) is 0 Å². The summed E-state index contributed by atoms with van der Waals surface area (Å²) in [5.41, 5.74) is 4.14. The Morgan fingerprint density at radius 3 is 2.59 bits per heavy atom. The maximum Gasteiger partial charge on any atom is 0.277 e. The highest BCUT2D eigenvalue weighted by Gasteiger charge is 2.06. The Balaban J connectivity index is 1.51. The van der Waals surface area contributed by atoms with Gasteiger partial charge in [-0.05, 0) is 67.1 Å². The Bertz CT molecular complexity index is 966. The molecule has 0 saturated carbocycles. The summed E-state index contributed by atoms with van der Waals surface area (Å²) < 4.78 is 11.1. The number of nitrogens with one attached hydrogen (secondary N) is 1. The van der Waals surface area contributed by atoms with Gasteiger partial charge in [0.15, 0.2) is 6.61 Å². The van der Waals surface area contributed by atoms with Crippen molar-refractivity contribution in [3.05, 3.63) is 76.0 Å². The largest absolute Gasteiger partial charge is 0.483 e. The van der Waals surface area contributed by atoms with E-state index in [-0.39, 0.29) is 12.5 Å². The van der Waals surface area contributed by atoms with E-state index in [4.69, 9.17) is 32.4 Å². The van der Waals surface area contributed by atoms with Gasteiger partial charge in [0.25, 0.3) is 5.91 Å². The number of hydrazone groups is 1. The summed E-state index contributed by atoms with van der Waals surface area (Å²) in [4.78, 5) is 11.8. The monoisotopic (exact) mass is 402 g/mol. The summed E-state index contributed by atoms with van der Waals surface area (Å²) in [7, 11) is 0. The van der Waals surface area contributed by atoms with E-state index < -0.39 is 0 Å². The van der Waals surface area contributed by atoms with E-state index in [9.17, 15) is 4.79 Å². The lowest BCUT2D eigenvalue weighted by Gasteiger charge is -2.08. The van der Waals surface area contributed by atoms with Crippen LogP contribution in [-0.2, 0) is 4.79 Å². The molecule has 0 aliphatic heterocycles. The Morgan fingerprint density at radius 1 is 1.11 bits per heavy atom. The number of ether oxygens (including phenoxy) is 1. The van der Waals surface area contributed by atoms with Gasteiger partial charge in [0.2, 0.25) is 0 Å². The maximum absolute atomic E-state index is 11.8. The molecule has 5 nitrogen and oxygen atoms in total. The van der Waals surface area contributed by atoms with E-state index in [1.165, 1.54) is 6.21 Å². The van der Waals surface area contributed by atoms with Crippen molar-refractivity contribution in [3.63, 3.8) is 0 Å². The first-order valence-corrected chi connectivity index (χ1v) is 8.83. The first-order chi connectivity index (χ1) is 13.0. The van der Waals surface area contributed by atoms with Gasteiger partial charge in [0, 0.05) is 15.6 Å². The van der Waals surface area contributed by atoms with Crippen LogP contribution in [0.2, 0.25) is 10.0 Å². The normalized spacial score (nSPS) is 10.9. The van der Waals surface area contributed by atoms with Crippen LogP contribution in [0, 0.1) is 6.92 Å². The molecular weight excluding hydrogens is 387 g/mol. The van der Waals surface area contributed by atoms with Gasteiger partial charge < -0.3 is 9.15 Å². The SMILES string of the molecule is Cc1cc(Cl)ccc1OCC(=O)N/N=C\c1ccc(-c2ccc(Cl)cc2)o1. The number of aryl methyl sites for hydroxylation is 1. The van der Waals surface area contributed by atoms with Gasteiger partial charge in [0.1, 0.15) is 17.3 Å². The van der Waals surface area contributed by atoms with Gasteiger partial charge >= 0.3 is 0 Å². The Kier molecular flexibility index (Phi) is 6.16. The fourth-order valence-corrected chi connectivity index (χ4v) is 2.66. The van der Waals surface area contributed by atoms with E-state index in [1.807, 2.05) is 25.1 Å². The Morgan fingerprint density at radius 2 is 1.85 bits per heavy atom. The zero-order chi connectivity index (χ0) is 19.2. The highest BCUT2D eigenvalue weighted by molar-refractivity contribution is 6.30. The standard InChI is InChI=1S/C20H16Cl2N2O3/c1-13-10-16(22)6-8-18(13)26-12-20(25)24-23-11-17-7-9-19(27-17)14-2-4-15(21)5-3-14/h2-11H,12H2,1H3,(H,24,25)/b23-11-. The summed E-state index contributed by atoms with van der Waals surface area (Å²) in [6.45, 7) is 1.69. The van der Waals surface area contributed by atoms with E-state index in [2.05, 4.69) is 10.5 Å². The highest BCUT2D eigenvalue weighted by atomic mass is 35.5. The van der Waals surface area contributed by atoms with Crippen molar-refractivity contribution in [2.45, 2.75) is 6.92 Å². The Hall–Kier alpha value is -2.76. The third-order valence-corrected chi connectivity index (χ3v) is 4.12.